The highest BCUT2D eigenvalue weighted by molar-refractivity contribution is 9.10. The van der Waals surface area contributed by atoms with Crippen molar-refractivity contribution in [1.82, 2.24) is 9.78 Å². The fourth-order valence-electron chi connectivity index (χ4n) is 1.31. The number of unbranched alkanes of at least 4 members (excludes halogenated alkanes) is 3. The van der Waals surface area contributed by atoms with Gasteiger partial charge in [0.05, 0.1) is 10.2 Å². The molecule has 0 N–H and O–H groups in total. The Morgan fingerprint density at radius 2 is 2.15 bits per heavy atom. The van der Waals surface area contributed by atoms with E-state index in [1.54, 1.807) is 0 Å². The van der Waals surface area contributed by atoms with Gasteiger partial charge in [-0.25, -0.2) is 0 Å². The monoisotopic (exact) mass is 244 g/mol. The Morgan fingerprint density at radius 1 is 1.38 bits per heavy atom. The van der Waals surface area contributed by atoms with Crippen LogP contribution < -0.4 is 0 Å². The molecule has 0 amide bonds. The van der Waals surface area contributed by atoms with Gasteiger partial charge in [-0.2, -0.15) is 5.10 Å². The topological polar surface area (TPSA) is 17.8 Å². The van der Waals surface area contributed by atoms with Crippen molar-refractivity contribution in [2.24, 2.45) is 0 Å². The molecule has 13 heavy (non-hydrogen) atoms. The van der Waals surface area contributed by atoms with Crippen molar-refractivity contribution in [1.29, 1.82) is 0 Å². The first-order chi connectivity index (χ1) is 6.24. The van der Waals surface area contributed by atoms with Crippen molar-refractivity contribution < 1.29 is 0 Å². The number of nitrogens with zero attached hydrogens (tertiary/aromatic N) is 2. The maximum absolute atomic E-state index is 4.38. The van der Waals surface area contributed by atoms with Gasteiger partial charge in [0.2, 0.25) is 0 Å². The molecule has 0 unspecified atom stereocenters. The first-order valence-electron chi connectivity index (χ1n) is 4.93. The Labute approximate surface area is 88.5 Å². The zero-order valence-electron chi connectivity index (χ0n) is 8.39. The van der Waals surface area contributed by atoms with Gasteiger partial charge < -0.3 is 0 Å². The Balaban J connectivity index is 2.29. The highest BCUT2D eigenvalue weighted by Gasteiger charge is 1.99. The second-order valence-electron chi connectivity index (χ2n) is 3.39. The van der Waals surface area contributed by atoms with Crippen LogP contribution in [0.5, 0.6) is 0 Å². The van der Waals surface area contributed by atoms with Crippen LogP contribution in [0.2, 0.25) is 0 Å². The van der Waals surface area contributed by atoms with Crippen LogP contribution in [0.3, 0.4) is 0 Å². The molecule has 0 radical (unpaired) electrons. The van der Waals surface area contributed by atoms with E-state index in [9.17, 15) is 0 Å². The van der Waals surface area contributed by atoms with E-state index in [0.717, 1.165) is 16.7 Å². The molecule has 0 saturated heterocycles. The van der Waals surface area contributed by atoms with Crippen molar-refractivity contribution in [3.05, 3.63) is 16.4 Å². The average Bonchev–Trinajstić information content (AvgIpc) is 2.41. The van der Waals surface area contributed by atoms with Gasteiger partial charge in [0.25, 0.3) is 0 Å². The number of aryl methyl sites for hydroxylation is 2. The third-order valence-electron chi connectivity index (χ3n) is 2.13. The van der Waals surface area contributed by atoms with Crippen molar-refractivity contribution in [2.75, 3.05) is 0 Å². The van der Waals surface area contributed by atoms with E-state index in [1.165, 1.54) is 25.7 Å². The van der Waals surface area contributed by atoms with Gasteiger partial charge in [-0.15, -0.1) is 0 Å². The largest absolute Gasteiger partial charge is 0.271 e. The van der Waals surface area contributed by atoms with Gasteiger partial charge >= 0.3 is 0 Å². The Hall–Kier alpha value is -0.310. The lowest BCUT2D eigenvalue weighted by Crippen LogP contribution is -1.98. The van der Waals surface area contributed by atoms with Crippen LogP contribution in [-0.4, -0.2) is 9.78 Å². The molecule has 2 nitrogen and oxygen atoms in total. The van der Waals surface area contributed by atoms with E-state index in [0.29, 0.717) is 0 Å². The molecule has 0 aliphatic rings. The van der Waals surface area contributed by atoms with Gasteiger partial charge in [-0.1, -0.05) is 26.2 Å². The fraction of sp³-hybridized carbons (Fsp3) is 0.700. The number of hydrogen-bond donors (Lipinski definition) is 0. The summed E-state index contributed by atoms with van der Waals surface area (Å²) in [6, 6.07) is 0. The van der Waals surface area contributed by atoms with E-state index in [1.807, 2.05) is 11.6 Å². The summed E-state index contributed by atoms with van der Waals surface area (Å²) in [6.45, 7) is 5.30. The Morgan fingerprint density at radius 3 is 2.69 bits per heavy atom. The molecule has 0 aliphatic heterocycles. The molecule has 1 aromatic rings. The minimum atomic E-state index is 1.05. The minimum Gasteiger partial charge on any atom is -0.271 e. The summed E-state index contributed by atoms with van der Waals surface area (Å²) in [4.78, 5) is 0. The molecule has 0 bridgehead atoms. The smallest absolute Gasteiger partial charge is 0.0735 e. The summed E-state index contributed by atoms with van der Waals surface area (Å²) < 4.78 is 3.14. The van der Waals surface area contributed by atoms with Gasteiger partial charge in [0.1, 0.15) is 0 Å². The second-order valence-corrected chi connectivity index (χ2v) is 4.24. The van der Waals surface area contributed by atoms with Crippen molar-refractivity contribution in [2.45, 2.75) is 46.1 Å². The highest BCUT2D eigenvalue weighted by Crippen LogP contribution is 2.13. The zero-order chi connectivity index (χ0) is 9.68. The lowest BCUT2D eigenvalue weighted by Gasteiger charge is -1.99. The van der Waals surface area contributed by atoms with Crippen LogP contribution in [0, 0.1) is 6.92 Å². The quantitative estimate of drug-likeness (QED) is 0.725. The summed E-state index contributed by atoms with van der Waals surface area (Å²) in [7, 11) is 0. The fourth-order valence-corrected chi connectivity index (χ4v) is 1.62. The summed E-state index contributed by atoms with van der Waals surface area (Å²) in [5.41, 5.74) is 1.08. The molecular weight excluding hydrogens is 228 g/mol. The van der Waals surface area contributed by atoms with Crippen molar-refractivity contribution >= 4 is 15.9 Å². The standard InChI is InChI=1S/C10H17BrN2/c1-3-4-5-6-7-13-8-10(11)9(2)12-13/h8H,3-7H2,1-2H3. The molecule has 1 heterocycles. The molecule has 1 rings (SSSR count). The number of aromatic nitrogens is 2. The SMILES string of the molecule is CCCCCCn1cc(Br)c(C)n1. The molecule has 0 aliphatic carbocycles. The van der Waals surface area contributed by atoms with Crippen LogP contribution >= 0.6 is 15.9 Å². The lowest BCUT2D eigenvalue weighted by atomic mass is 10.2. The van der Waals surface area contributed by atoms with Crippen LogP contribution in [0.25, 0.3) is 0 Å². The van der Waals surface area contributed by atoms with E-state index >= 15 is 0 Å². The molecule has 0 spiro atoms. The number of halogens is 1. The van der Waals surface area contributed by atoms with Crippen molar-refractivity contribution in [3.63, 3.8) is 0 Å². The summed E-state index contributed by atoms with van der Waals surface area (Å²) in [6.07, 6.45) is 7.24. The van der Waals surface area contributed by atoms with Crippen LogP contribution in [-0.2, 0) is 6.54 Å². The normalized spacial score (nSPS) is 10.7. The third kappa shape index (κ3) is 3.51. The highest BCUT2D eigenvalue weighted by atomic mass is 79.9. The molecule has 0 atom stereocenters. The van der Waals surface area contributed by atoms with Crippen molar-refractivity contribution in [3.8, 4) is 0 Å². The van der Waals surface area contributed by atoms with E-state index in [-0.39, 0.29) is 0 Å². The van der Waals surface area contributed by atoms with Gasteiger partial charge in [-0.3, -0.25) is 4.68 Å². The Bertz CT molecular complexity index is 236. The molecule has 0 aromatic carbocycles. The Kier molecular flexibility index (Phi) is 4.50. The molecule has 0 saturated carbocycles. The summed E-state index contributed by atoms with van der Waals surface area (Å²) >= 11 is 3.46. The molecular formula is C10H17BrN2. The van der Waals surface area contributed by atoms with Crippen LogP contribution in [0.1, 0.15) is 38.3 Å². The summed E-state index contributed by atoms with van der Waals surface area (Å²) in [5.74, 6) is 0. The summed E-state index contributed by atoms with van der Waals surface area (Å²) in [5, 5.41) is 4.38. The van der Waals surface area contributed by atoms with Crippen LogP contribution in [0.4, 0.5) is 0 Å². The minimum absolute atomic E-state index is 1.05. The van der Waals surface area contributed by atoms with Gasteiger partial charge in [0, 0.05) is 12.7 Å². The van der Waals surface area contributed by atoms with Gasteiger partial charge in [0.15, 0.2) is 0 Å². The maximum Gasteiger partial charge on any atom is 0.0735 e. The third-order valence-corrected chi connectivity index (χ3v) is 2.91. The van der Waals surface area contributed by atoms with E-state index in [2.05, 4.69) is 34.1 Å². The predicted molar refractivity (Wildman–Crippen MR) is 58.8 cm³/mol. The maximum atomic E-state index is 4.38. The zero-order valence-corrected chi connectivity index (χ0v) is 9.97. The van der Waals surface area contributed by atoms with E-state index in [4.69, 9.17) is 0 Å². The molecule has 1 aromatic heterocycles. The number of hydrogen-bond acceptors (Lipinski definition) is 1. The average molecular weight is 245 g/mol. The molecule has 3 heteroatoms. The van der Waals surface area contributed by atoms with Gasteiger partial charge in [-0.05, 0) is 29.3 Å². The molecule has 74 valence electrons. The van der Waals surface area contributed by atoms with Crippen LogP contribution in [0.15, 0.2) is 10.7 Å². The predicted octanol–water partition coefficient (Wildman–Crippen LogP) is 3.53. The second kappa shape index (κ2) is 5.43. The number of rotatable bonds is 5. The lowest BCUT2D eigenvalue weighted by molar-refractivity contribution is 0.539. The molecule has 0 fully saturated rings. The van der Waals surface area contributed by atoms with E-state index < -0.39 is 0 Å². The first kappa shape index (κ1) is 10.8. The first-order valence-corrected chi connectivity index (χ1v) is 5.73.